The summed E-state index contributed by atoms with van der Waals surface area (Å²) in [4.78, 5) is 15.6. The number of aromatic nitrogens is 3. The van der Waals surface area contributed by atoms with Gasteiger partial charge in [-0.15, -0.1) is 11.3 Å². The zero-order valence-corrected chi connectivity index (χ0v) is 30.9. The standard InChI is InChI=1S/C51H31N3OS/c1-4-14-32(15-5-1)33-24-26-36(27-25-33)50-52-49(35-18-8-3-9-19-35)53-51(54-50)42-30-37(31-44-46(42)40-20-10-12-22-43(40)55-44)38-28-29-39(34-16-6-2-7-17-34)48-47(38)41-21-11-13-23-45(41)56-48/h1-31H. The Morgan fingerprint density at radius 2 is 0.875 bits per heavy atom. The fourth-order valence-electron chi connectivity index (χ4n) is 7.88. The highest BCUT2D eigenvalue weighted by atomic mass is 32.1. The summed E-state index contributed by atoms with van der Waals surface area (Å²) in [5.41, 5.74) is 11.2. The molecule has 0 N–H and O–H groups in total. The predicted octanol–water partition coefficient (Wildman–Crippen LogP) is 14.1. The molecule has 0 aliphatic rings. The first-order valence-corrected chi connectivity index (χ1v) is 19.5. The minimum Gasteiger partial charge on any atom is -0.456 e. The van der Waals surface area contributed by atoms with Crippen LogP contribution in [0, 0.1) is 0 Å². The third-order valence-corrected chi connectivity index (χ3v) is 11.8. The maximum absolute atomic E-state index is 6.67. The Hall–Kier alpha value is -7.21. The summed E-state index contributed by atoms with van der Waals surface area (Å²) >= 11 is 1.84. The van der Waals surface area contributed by atoms with E-state index >= 15 is 0 Å². The van der Waals surface area contributed by atoms with Crippen LogP contribution in [0.5, 0.6) is 0 Å². The number of benzene rings is 8. The third-order valence-electron chi connectivity index (χ3n) is 10.6. The smallest absolute Gasteiger partial charge is 0.164 e. The summed E-state index contributed by atoms with van der Waals surface area (Å²) < 4.78 is 9.18. The van der Waals surface area contributed by atoms with Crippen molar-refractivity contribution in [3.63, 3.8) is 0 Å². The Morgan fingerprint density at radius 1 is 0.339 bits per heavy atom. The van der Waals surface area contributed by atoms with Crippen LogP contribution >= 0.6 is 11.3 Å². The largest absolute Gasteiger partial charge is 0.456 e. The lowest BCUT2D eigenvalue weighted by atomic mass is 9.92. The molecule has 3 heterocycles. The van der Waals surface area contributed by atoms with E-state index in [0.29, 0.717) is 17.5 Å². The molecule has 0 spiro atoms. The van der Waals surface area contributed by atoms with Crippen molar-refractivity contribution in [1.29, 1.82) is 0 Å². The van der Waals surface area contributed by atoms with Gasteiger partial charge in [0.05, 0.1) is 0 Å². The highest BCUT2D eigenvalue weighted by Gasteiger charge is 2.22. The van der Waals surface area contributed by atoms with Crippen molar-refractivity contribution >= 4 is 53.4 Å². The van der Waals surface area contributed by atoms with Crippen LogP contribution in [0.1, 0.15) is 0 Å². The van der Waals surface area contributed by atoms with Crippen molar-refractivity contribution in [3.05, 3.63) is 188 Å². The summed E-state index contributed by atoms with van der Waals surface area (Å²) in [6.45, 7) is 0. The molecule has 56 heavy (non-hydrogen) atoms. The fraction of sp³-hybridized carbons (Fsp3) is 0. The second kappa shape index (κ2) is 13.3. The SMILES string of the molecule is c1ccc(-c2ccc(-c3nc(-c4ccccc4)nc(-c4cc(-c5ccc(-c6ccccc6)c6sc7ccccc7c56)cc5oc6ccccc6c45)n3)cc2)cc1. The Balaban J connectivity index is 1.17. The molecule has 0 fully saturated rings. The zero-order chi connectivity index (χ0) is 37.0. The first kappa shape index (κ1) is 32.2. The van der Waals surface area contributed by atoms with Gasteiger partial charge < -0.3 is 4.42 Å². The normalized spacial score (nSPS) is 11.6. The average Bonchev–Trinajstić information content (AvgIpc) is 3.86. The summed E-state index contributed by atoms with van der Waals surface area (Å²) in [6, 6.07) is 65.6. The number of nitrogens with zero attached hydrogens (tertiary/aromatic N) is 3. The van der Waals surface area contributed by atoms with Crippen molar-refractivity contribution in [3.8, 4) is 67.5 Å². The lowest BCUT2D eigenvalue weighted by molar-refractivity contribution is 0.669. The van der Waals surface area contributed by atoms with Gasteiger partial charge in [-0.1, -0.05) is 164 Å². The van der Waals surface area contributed by atoms with Gasteiger partial charge in [0.1, 0.15) is 11.2 Å². The number of para-hydroxylation sites is 1. The molecule has 11 rings (SSSR count). The number of furan rings is 1. The van der Waals surface area contributed by atoms with Gasteiger partial charge in [-0.25, -0.2) is 15.0 Å². The van der Waals surface area contributed by atoms with E-state index in [1.54, 1.807) is 0 Å². The second-order valence-corrected chi connectivity index (χ2v) is 15.0. The lowest BCUT2D eigenvalue weighted by Crippen LogP contribution is -2.00. The van der Waals surface area contributed by atoms with E-state index in [0.717, 1.165) is 60.9 Å². The number of hydrogen-bond acceptors (Lipinski definition) is 5. The molecular formula is C51H31N3OS. The summed E-state index contributed by atoms with van der Waals surface area (Å²) in [5.74, 6) is 1.81. The van der Waals surface area contributed by atoms with E-state index in [1.165, 1.54) is 31.3 Å². The highest BCUT2D eigenvalue weighted by Crippen LogP contribution is 2.47. The van der Waals surface area contributed by atoms with Gasteiger partial charge >= 0.3 is 0 Å². The number of hydrogen-bond donors (Lipinski definition) is 0. The summed E-state index contributed by atoms with van der Waals surface area (Å²) in [5, 5.41) is 4.46. The molecule has 262 valence electrons. The van der Waals surface area contributed by atoms with Crippen molar-refractivity contribution in [1.82, 2.24) is 15.0 Å². The number of rotatable bonds is 6. The molecule has 0 aliphatic heterocycles. The van der Waals surface area contributed by atoms with Crippen LogP contribution in [-0.4, -0.2) is 15.0 Å². The number of fused-ring (bicyclic) bond motifs is 6. The van der Waals surface area contributed by atoms with Gasteiger partial charge in [0.2, 0.25) is 0 Å². The van der Waals surface area contributed by atoms with E-state index < -0.39 is 0 Å². The van der Waals surface area contributed by atoms with Gasteiger partial charge in [0, 0.05) is 47.6 Å². The van der Waals surface area contributed by atoms with E-state index in [9.17, 15) is 0 Å². The fourth-order valence-corrected chi connectivity index (χ4v) is 9.15. The molecular weight excluding hydrogens is 703 g/mol. The highest BCUT2D eigenvalue weighted by molar-refractivity contribution is 7.26. The van der Waals surface area contributed by atoms with Crippen molar-refractivity contribution < 1.29 is 4.42 Å². The summed E-state index contributed by atoms with van der Waals surface area (Å²) in [7, 11) is 0. The molecule has 0 saturated heterocycles. The Labute approximate surface area is 327 Å². The maximum atomic E-state index is 6.67. The number of thiophene rings is 1. The van der Waals surface area contributed by atoms with Crippen molar-refractivity contribution in [2.75, 3.05) is 0 Å². The van der Waals surface area contributed by atoms with Crippen molar-refractivity contribution in [2.24, 2.45) is 0 Å². The second-order valence-electron chi connectivity index (χ2n) is 13.9. The minimum absolute atomic E-state index is 0.590. The molecule has 4 nitrogen and oxygen atoms in total. The molecule has 0 atom stereocenters. The van der Waals surface area contributed by atoms with E-state index in [1.807, 2.05) is 59.9 Å². The molecule has 0 radical (unpaired) electrons. The van der Waals surface area contributed by atoms with Gasteiger partial charge in [-0.3, -0.25) is 0 Å². The van der Waals surface area contributed by atoms with Gasteiger partial charge in [0.25, 0.3) is 0 Å². The quantitative estimate of drug-likeness (QED) is 0.171. The first-order valence-electron chi connectivity index (χ1n) is 18.7. The minimum atomic E-state index is 0.590. The molecule has 11 aromatic rings. The van der Waals surface area contributed by atoms with Crippen LogP contribution in [0.25, 0.3) is 110 Å². The van der Waals surface area contributed by atoms with Crippen LogP contribution in [0.15, 0.2) is 192 Å². The molecule has 5 heteroatoms. The molecule has 8 aromatic carbocycles. The predicted molar refractivity (Wildman–Crippen MR) is 233 cm³/mol. The van der Waals surface area contributed by atoms with Crippen LogP contribution in [0.4, 0.5) is 0 Å². The van der Waals surface area contributed by atoms with Crippen LogP contribution in [0.2, 0.25) is 0 Å². The Morgan fingerprint density at radius 3 is 1.61 bits per heavy atom. The zero-order valence-electron chi connectivity index (χ0n) is 30.1. The van der Waals surface area contributed by atoms with E-state index in [2.05, 4.69) is 140 Å². The molecule has 0 unspecified atom stereocenters. The Kier molecular flexibility index (Phi) is 7.64. The lowest BCUT2D eigenvalue weighted by Gasteiger charge is -2.13. The van der Waals surface area contributed by atoms with Crippen LogP contribution < -0.4 is 0 Å². The third kappa shape index (κ3) is 5.48. The van der Waals surface area contributed by atoms with Gasteiger partial charge in [-0.2, -0.15) is 0 Å². The molecule has 0 aliphatic carbocycles. The van der Waals surface area contributed by atoms with Crippen LogP contribution in [0.3, 0.4) is 0 Å². The molecule has 3 aromatic heterocycles. The van der Waals surface area contributed by atoms with Gasteiger partial charge in [0.15, 0.2) is 17.5 Å². The monoisotopic (exact) mass is 733 g/mol. The molecule has 0 amide bonds. The van der Waals surface area contributed by atoms with E-state index in [-0.39, 0.29) is 0 Å². The first-order chi connectivity index (χ1) is 27.7. The Bertz CT molecular complexity index is 3230. The molecule has 0 bridgehead atoms. The average molecular weight is 734 g/mol. The van der Waals surface area contributed by atoms with Gasteiger partial charge in [-0.05, 0) is 57.6 Å². The van der Waals surface area contributed by atoms with E-state index in [4.69, 9.17) is 19.4 Å². The maximum Gasteiger partial charge on any atom is 0.164 e. The molecule has 0 saturated carbocycles. The topological polar surface area (TPSA) is 51.8 Å². The van der Waals surface area contributed by atoms with Crippen LogP contribution in [-0.2, 0) is 0 Å². The van der Waals surface area contributed by atoms with Crippen molar-refractivity contribution in [2.45, 2.75) is 0 Å². The summed E-state index contributed by atoms with van der Waals surface area (Å²) in [6.07, 6.45) is 0.